The Hall–Kier alpha value is -4.13. The Balaban J connectivity index is 2.06. The predicted molar refractivity (Wildman–Crippen MR) is 109 cm³/mol. The molecule has 2 aromatic heterocycles. The van der Waals surface area contributed by atoms with Gasteiger partial charge in [0.25, 0.3) is 5.69 Å². The second kappa shape index (κ2) is 7.47. The van der Waals surface area contributed by atoms with Crippen LogP contribution in [0.25, 0.3) is 28.2 Å². The molecule has 0 amide bonds. The predicted octanol–water partition coefficient (Wildman–Crippen LogP) is 4.71. The Morgan fingerprint density at radius 1 is 1.00 bits per heavy atom. The van der Waals surface area contributed by atoms with Crippen LogP contribution in [0, 0.1) is 10.1 Å². The van der Waals surface area contributed by atoms with Gasteiger partial charge in [0.05, 0.1) is 21.9 Å². The number of carbonyl (C=O) groups is 1. The fraction of sp³-hybridized carbons (Fsp3) is 0.0455. The van der Waals surface area contributed by atoms with E-state index in [-0.39, 0.29) is 11.5 Å². The molecule has 0 saturated carbocycles. The number of non-ortho nitro benzene ring substituents is 1. The van der Waals surface area contributed by atoms with Crippen molar-refractivity contribution in [3.8, 4) is 28.2 Å². The highest BCUT2D eigenvalue weighted by atomic mass is 16.6. The van der Waals surface area contributed by atoms with Crippen molar-refractivity contribution in [3.05, 3.63) is 94.8 Å². The molecule has 0 saturated heterocycles. The van der Waals surface area contributed by atoms with Crippen molar-refractivity contribution in [3.63, 3.8) is 0 Å². The van der Waals surface area contributed by atoms with Crippen LogP contribution in [0.4, 0.5) is 5.69 Å². The summed E-state index contributed by atoms with van der Waals surface area (Å²) in [6.07, 6.45) is 3.29. The topological polar surface area (TPSA) is 90.9 Å². The van der Waals surface area contributed by atoms with Gasteiger partial charge in [0, 0.05) is 35.7 Å². The number of nitro groups is 1. The van der Waals surface area contributed by atoms with Gasteiger partial charge in [0.2, 0.25) is 0 Å². The standard InChI is InChI=1S/C22H16N4O3/c1-15(27)20-21(17-9-6-12-23-14-17)24-25(22(20)16-7-3-2-4-8-16)18-10-5-11-19(13-18)26(28)29/h2-14H,1H3. The fourth-order valence-corrected chi connectivity index (χ4v) is 3.24. The number of rotatable bonds is 5. The Bertz CT molecular complexity index is 1200. The van der Waals surface area contributed by atoms with E-state index >= 15 is 0 Å². The van der Waals surface area contributed by atoms with Gasteiger partial charge >= 0.3 is 0 Å². The lowest BCUT2D eigenvalue weighted by atomic mass is 10.00. The van der Waals surface area contributed by atoms with Gasteiger partial charge in [-0.25, -0.2) is 4.68 Å². The van der Waals surface area contributed by atoms with E-state index in [4.69, 9.17) is 0 Å². The molecule has 2 aromatic carbocycles. The highest BCUT2D eigenvalue weighted by Gasteiger charge is 2.25. The van der Waals surface area contributed by atoms with Gasteiger partial charge in [-0.05, 0) is 25.1 Å². The maximum absolute atomic E-state index is 12.7. The first-order chi connectivity index (χ1) is 14.1. The van der Waals surface area contributed by atoms with Crippen LogP contribution < -0.4 is 0 Å². The second-order valence-corrected chi connectivity index (χ2v) is 6.42. The van der Waals surface area contributed by atoms with Gasteiger partial charge in [0.1, 0.15) is 5.69 Å². The molecule has 142 valence electrons. The van der Waals surface area contributed by atoms with Crippen molar-refractivity contribution in [2.24, 2.45) is 0 Å². The zero-order valence-corrected chi connectivity index (χ0v) is 15.5. The van der Waals surface area contributed by atoms with Crippen molar-refractivity contribution in [1.29, 1.82) is 0 Å². The van der Waals surface area contributed by atoms with E-state index in [1.54, 1.807) is 35.3 Å². The molecule has 0 bridgehead atoms. The van der Waals surface area contributed by atoms with Crippen LogP contribution in [0.3, 0.4) is 0 Å². The van der Waals surface area contributed by atoms with E-state index in [2.05, 4.69) is 10.1 Å². The number of ketones is 1. The first-order valence-corrected chi connectivity index (χ1v) is 8.91. The first kappa shape index (κ1) is 18.2. The van der Waals surface area contributed by atoms with Crippen LogP contribution in [0.5, 0.6) is 0 Å². The molecule has 7 heteroatoms. The van der Waals surface area contributed by atoms with Crippen LogP contribution in [0.1, 0.15) is 17.3 Å². The Labute approximate surface area is 166 Å². The molecule has 0 spiro atoms. The van der Waals surface area contributed by atoms with Gasteiger partial charge in [-0.3, -0.25) is 19.9 Å². The molecule has 0 atom stereocenters. The minimum absolute atomic E-state index is 0.0516. The monoisotopic (exact) mass is 384 g/mol. The molecule has 0 radical (unpaired) electrons. The summed E-state index contributed by atoms with van der Waals surface area (Å²) in [6.45, 7) is 1.49. The normalized spacial score (nSPS) is 10.7. The number of carbonyl (C=O) groups excluding carboxylic acids is 1. The number of pyridine rings is 1. The Morgan fingerprint density at radius 2 is 1.76 bits per heavy atom. The van der Waals surface area contributed by atoms with Gasteiger partial charge in [-0.2, -0.15) is 5.10 Å². The number of Topliss-reactive ketones (excluding diaryl/α,β-unsaturated/α-hetero) is 1. The lowest BCUT2D eigenvalue weighted by Crippen LogP contribution is -2.02. The zero-order chi connectivity index (χ0) is 20.4. The number of hydrogen-bond donors (Lipinski definition) is 0. The number of nitro benzene ring substituents is 1. The highest BCUT2D eigenvalue weighted by molar-refractivity contribution is 6.05. The van der Waals surface area contributed by atoms with Crippen molar-refractivity contribution < 1.29 is 9.72 Å². The van der Waals surface area contributed by atoms with Crippen LogP contribution >= 0.6 is 0 Å². The molecule has 29 heavy (non-hydrogen) atoms. The Morgan fingerprint density at radius 3 is 2.41 bits per heavy atom. The summed E-state index contributed by atoms with van der Waals surface area (Å²) in [7, 11) is 0. The van der Waals surface area contributed by atoms with Gasteiger partial charge in [-0.15, -0.1) is 0 Å². The van der Waals surface area contributed by atoms with E-state index in [1.807, 2.05) is 36.4 Å². The number of benzene rings is 2. The molecule has 0 aliphatic carbocycles. The molecule has 0 fully saturated rings. The summed E-state index contributed by atoms with van der Waals surface area (Å²) < 4.78 is 1.58. The summed E-state index contributed by atoms with van der Waals surface area (Å²) in [6, 6.07) is 19.2. The number of aromatic nitrogens is 3. The molecule has 4 rings (SSSR count). The van der Waals surface area contributed by atoms with E-state index < -0.39 is 4.92 Å². The average molecular weight is 384 g/mol. The molecule has 0 unspecified atom stereocenters. The smallest absolute Gasteiger partial charge is 0.271 e. The van der Waals surface area contributed by atoms with Crippen LogP contribution in [0.2, 0.25) is 0 Å². The molecule has 0 aliphatic heterocycles. The lowest BCUT2D eigenvalue weighted by molar-refractivity contribution is -0.384. The number of hydrogen-bond acceptors (Lipinski definition) is 5. The van der Waals surface area contributed by atoms with E-state index in [0.717, 1.165) is 5.56 Å². The molecule has 4 aromatic rings. The average Bonchev–Trinajstić information content (AvgIpc) is 3.16. The van der Waals surface area contributed by atoms with Crippen molar-refractivity contribution >= 4 is 11.5 Å². The van der Waals surface area contributed by atoms with E-state index in [0.29, 0.717) is 28.2 Å². The van der Waals surface area contributed by atoms with Crippen molar-refractivity contribution in [2.75, 3.05) is 0 Å². The lowest BCUT2D eigenvalue weighted by Gasteiger charge is -2.09. The van der Waals surface area contributed by atoms with Crippen LogP contribution in [-0.2, 0) is 0 Å². The van der Waals surface area contributed by atoms with Gasteiger partial charge < -0.3 is 0 Å². The Kier molecular flexibility index (Phi) is 4.70. The van der Waals surface area contributed by atoms with E-state index in [1.165, 1.54) is 19.1 Å². The largest absolute Gasteiger partial charge is 0.294 e. The van der Waals surface area contributed by atoms with E-state index in [9.17, 15) is 14.9 Å². The summed E-state index contributed by atoms with van der Waals surface area (Å²) in [5, 5.41) is 15.9. The summed E-state index contributed by atoms with van der Waals surface area (Å²) in [5.41, 5.74) is 3.43. The molecular weight excluding hydrogens is 368 g/mol. The van der Waals surface area contributed by atoms with Crippen LogP contribution in [-0.4, -0.2) is 25.5 Å². The summed E-state index contributed by atoms with van der Waals surface area (Å²) in [4.78, 5) is 27.6. The molecule has 0 aliphatic rings. The van der Waals surface area contributed by atoms with Crippen molar-refractivity contribution in [1.82, 2.24) is 14.8 Å². The quantitative estimate of drug-likeness (QED) is 0.282. The molecule has 0 N–H and O–H groups in total. The summed E-state index contributed by atoms with van der Waals surface area (Å²) >= 11 is 0. The third-order valence-corrected chi connectivity index (χ3v) is 4.50. The van der Waals surface area contributed by atoms with Crippen LogP contribution in [0.15, 0.2) is 79.1 Å². The fourth-order valence-electron chi connectivity index (χ4n) is 3.24. The van der Waals surface area contributed by atoms with Gasteiger partial charge in [0.15, 0.2) is 5.78 Å². The first-order valence-electron chi connectivity index (χ1n) is 8.91. The third-order valence-electron chi connectivity index (χ3n) is 4.50. The second-order valence-electron chi connectivity index (χ2n) is 6.42. The maximum atomic E-state index is 12.7. The zero-order valence-electron chi connectivity index (χ0n) is 15.5. The third kappa shape index (κ3) is 3.41. The minimum Gasteiger partial charge on any atom is -0.294 e. The number of nitrogens with zero attached hydrogens (tertiary/aromatic N) is 4. The minimum atomic E-state index is -0.455. The molecule has 7 nitrogen and oxygen atoms in total. The molecule has 2 heterocycles. The molecular formula is C22H16N4O3. The van der Waals surface area contributed by atoms with Gasteiger partial charge in [-0.1, -0.05) is 36.4 Å². The van der Waals surface area contributed by atoms with Crippen molar-refractivity contribution in [2.45, 2.75) is 6.92 Å². The highest BCUT2D eigenvalue weighted by Crippen LogP contribution is 2.35. The summed E-state index contributed by atoms with van der Waals surface area (Å²) in [5.74, 6) is -0.153. The SMILES string of the molecule is CC(=O)c1c(-c2cccnc2)nn(-c2cccc([N+](=O)[O-])c2)c1-c1ccccc1. The maximum Gasteiger partial charge on any atom is 0.271 e.